The number of ether oxygens (including phenoxy) is 1. The minimum absolute atomic E-state index is 0.294. The molecule has 0 aromatic heterocycles. The molecule has 1 aliphatic rings. The van der Waals surface area contributed by atoms with E-state index < -0.39 is 0 Å². The van der Waals surface area contributed by atoms with Gasteiger partial charge in [0, 0.05) is 25.2 Å². The summed E-state index contributed by atoms with van der Waals surface area (Å²) in [5.41, 5.74) is 7.76. The van der Waals surface area contributed by atoms with Crippen molar-refractivity contribution in [2.75, 3.05) is 30.3 Å². The summed E-state index contributed by atoms with van der Waals surface area (Å²) < 4.78 is 19.1. The molecule has 20 heavy (non-hydrogen) atoms. The highest BCUT2D eigenvalue weighted by Crippen LogP contribution is 2.41. The number of nitrogens with two attached hydrogens (primary N) is 1. The maximum atomic E-state index is 13.8. The molecular weight excluding hydrogens is 255 g/mol. The van der Waals surface area contributed by atoms with Crippen LogP contribution in [0.25, 0.3) is 0 Å². The highest BCUT2D eigenvalue weighted by molar-refractivity contribution is 5.70. The lowest BCUT2D eigenvalue weighted by atomic mass is 9.82. The van der Waals surface area contributed by atoms with Crippen LogP contribution in [0, 0.1) is 11.2 Å². The molecule has 0 atom stereocenters. The summed E-state index contributed by atoms with van der Waals surface area (Å²) in [6.45, 7) is 8.75. The zero-order valence-electron chi connectivity index (χ0n) is 12.7. The van der Waals surface area contributed by atoms with E-state index in [9.17, 15) is 4.39 Å². The summed E-state index contributed by atoms with van der Waals surface area (Å²) in [5.74, 6) is -0.0910. The van der Waals surface area contributed by atoms with Crippen LogP contribution in [0.4, 0.5) is 15.8 Å². The van der Waals surface area contributed by atoms with Crippen LogP contribution in [0.5, 0.6) is 5.75 Å². The van der Waals surface area contributed by atoms with Crippen LogP contribution in [0.2, 0.25) is 0 Å². The lowest BCUT2D eigenvalue weighted by Crippen LogP contribution is -2.26. The molecule has 0 aliphatic carbocycles. The third kappa shape index (κ3) is 2.69. The van der Waals surface area contributed by atoms with Crippen molar-refractivity contribution in [3.8, 4) is 5.75 Å². The molecule has 0 unspecified atom stereocenters. The summed E-state index contributed by atoms with van der Waals surface area (Å²) >= 11 is 0. The smallest absolute Gasteiger partial charge is 0.167 e. The van der Waals surface area contributed by atoms with Crippen molar-refractivity contribution in [3.63, 3.8) is 0 Å². The van der Waals surface area contributed by atoms with Gasteiger partial charge in [0.25, 0.3) is 0 Å². The van der Waals surface area contributed by atoms with Crippen LogP contribution in [-0.4, -0.2) is 19.7 Å². The van der Waals surface area contributed by atoms with Crippen LogP contribution >= 0.6 is 0 Å². The SMILES string of the molecule is CCOc1cc(N2CCC(CC)(CC)C2)c(N)cc1F. The normalized spacial score (nSPS) is 17.5. The van der Waals surface area contributed by atoms with Gasteiger partial charge in [-0.1, -0.05) is 13.8 Å². The molecule has 2 N–H and O–H groups in total. The number of benzene rings is 1. The van der Waals surface area contributed by atoms with E-state index >= 15 is 0 Å². The Kier molecular flexibility index (Phi) is 4.41. The Morgan fingerprint density at radius 1 is 1.30 bits per heavy atom. The fraction of sp³-hybridized carbons (Fsp3) is 0.625. The molecule has 1 saturated heterocycles. The van der Waals surface area contributed by atoms with Gasteiger partial charge in [-0.3, -0.25) is 0 Å². The van der Waals surface area contributed by atoms with Crippen LogP contribution in [-0.2, 0) is 0 Å². The molecule has 112 valence electrons. The zero-order chi connectivity index (χ0) is 14.8. The van der Waals surface area contributed by atoms with E-state index in [1.54, 1.807) is 6.07 Å². The highest BCUT2D eigenvalue weighted by atomic mass is 19.1. The molecule has 0 bridgehead atoms. The zero-order valence-corrected chi connectivity index (χ0v) is 12.7. The van der Waals surface area contributed by atoms with E-state index in [1.165, 1.54) is 25.3 Å². The van der Waals surface area contributed by atoms with Crippen molar-refractivity contribution in [1.29, 1.82) is 0 Å². The lowest BCUT2D eigenvalue weighted by Gasteiger charge is -2.28. The van der Waals surface area contributed by atoms with Gasteiger partial charge >= 0.3 is 0 Å². The van der Waals surface area contributed by atoms with Crippen LogP contribution < -0.4 is 15.4 Å². The Labute approximate surface area is 120 Å². The molecular formula is C16H25FN2O. The van der Waals surface area contributed by atoms with Gasteiger partial charge in [-0.05, 0) is 31.6 Å². The number of halogens is 1. The van der Waals surface area contributed by atoms with Crippen LogP contribution in [0.1, 0.15) is 40.0 Å². The fourth-order valence-corrected chi connectivity index (χ4v) is 3.07. The number of hydrogen-bond acceptors (Lipinski definition) is 3. The van der Waals surface area contributed by atoms with Gasteiger partial charge in [0.2, 0.25) is 0 Å². The summed E-state index contributed by atoms with van der Waals surface area (Å²) in [4.78, 5) is 2.27. The summed E-state index contributed by atoms with van der Waals surface area (Å²) in [7, 11) is 0. The number of nitrogens with zero attached hydrogens (tertiary/aromatic N) is 1. The maximum absolute atomic E-state index is 13.8. The number of rotatable bonds is 5. The fourth-order valence-electron chi connectivity index (χ4n) is 3.07. The quantitative estimate of drug-likeness (QED) is 0.833. The van der Waals surface area contributed by atoms with Gasteiger partial charge in [0.15, 0.2) is 11.6 Å². The molecule has 1 aromatic rings. The van der Waals surface area contributed by atoms with E-state index in [0.29, 0.717) is 23.5 Å². The number of anilines is 2. The van der Waals surface area contributed by atoms with Crippen molar-refractivity contribution >= 4 is 11.4 Å². The predicted molar refractivity (Wildman–Crippen MR) is 81.8 cm³/mol. The van der Waals surface area contributed by atoms with E-state index in [0.717, 1.165) is 18.8 Å². The largest absolute Gasteiger partial charge is 0.491 e. The van der Waals surface area contributed by atoms with Gasteiger partial charge in [0.1, 0.15) is 0 Å². The van der Waals surface area contributed by atoms with E-state index in [1.807, 2.05) is 6.92 Å². The summed E-state index contributed by atoms with van der Waals surface area (Å²) in [6, 6.07) is 3.12. The van der Waals surface area contributed by atoms with Gasteiger partial charge in [-0.15, -0.1) is 0 Å². The summed E-state index contributed by atoms with van der Waals surface area (Å²) in [6.07, 6.45) is 3.50. The first-order valence-corrected chi connectivity index (χ1v) is 7.52. The predicted octanol–water partition coefficient (Wildman–Crippen LogP) is 3.82. The first-order chi connectivity index (χ1) is 9.55. The first-order valence-electron chi connectivity index (χ1n) is 7.52. The number of hydrogen-bond donors (Lipinski definition) is 1. The van der Waals surface area contributed by atoms with Crippen molar-refractivity contribution in [3.05, 3.63) is 17.9 Å². The maximum Gasteiger partial charge on any atom is 0.167 e. The van der Waals surface area contributed by atoms with Crippen molar-refractivity contribution in [2.45, 2.75) is 40.0 Å². The van der Waals surface area contributed by atoms with Gasteiger partial charge in [-0.2, -0.15) is 0 Å². The van der Waals surface area contributed by atoms with Crippen molar-refractivity contribution < 1.29 is 9.13 Å². The molecule has 1 heterocycles. The first kappa shape index (κ1) is 14.9. The molecule has 0 radical (unpaired) electrons. The Morgan fingerprint density at radius 3 is 2.55 bits per heavy atom. The summed E-state index contributed by atoms with van der Waals surface area (Å²) in [5, 5.41) is 0. The minimum atomic E-state index is -0.385. The Hall–Kier alpha value is -1.45. The van der Waals surface area contributed by atoms with Crippen molar-refractivity contribution in [2.24, 2.45) is 5.41 Å². The monoisotopic (exact) mass is 280 g/mol. The van der Waals surface area contributed by atoms with Gasteiger partial charge < -0.3 is 15.4 Å². The second kappa shape index (κ2) is 5.90. The lowest BCUT2D eigenvalue weighted by molar-refractivity contribution is 0.301. The van der Waals surface area contributed by atoms with Crippen LogP contribution in [0.3, 0.4) is 0 Å². The molecule has 0 saturated carbocycles. The average molecular weight is 280 g/mol. The Balaban J connectivity index is 2.27. The highest BCUT2D eigenvalue weighted by Gasteiger charge is 2.35. The van der Waals surface area contributed by atoms with Crippen LogP contribution in [0.15, 0.2) is 12.1 Å². The molecule has 2 rings (SSSR count). The van der Waals surface area contributed by atoms with Gasteiger partial charge in [-0.25, -0.2) is 4.39 Å². The second-order valence-electron chi connectivity index (χ2n) is 5.65. The molecule has 4 heteroatoms. The molecule has 0 spiro atoms. The van der Waals surface area contributed by atoms with E-state index in [4.69, 9.17) is 10.5 Å². The van der Waals surface area contributed by atoms with E-state index in [-0.39, 0.29) is 5.82 Å². The van der Waals surface area contributed by atoms with E-state index in [2.05, 4.69) is 18.7 Å². The topological polar surface area (TPSA) is 38.5 Å². The molecule has 1 aliphatic heterocycles. The average Bonchev–Trinajstić information content (AvgIpc) is 2.87. The third-order valence-corrected chi connectivity index (χ3v) is 4.66. The third-order valence-electron chi connectivity index (χ3n) is 4.66. The number of nitrogen functional groups attached to an aromatic ring is 1. The molecule has 1 aromatic carbocycles. The molecule has 0 amide bonds. The Morgan fingerprint density at radius 2 is 2.00 bits per heavy atom. The standard InChI is InChI=1S/C16H25FN2O/c1-4-16(5-2)7-8-19(11-16)14-10-15(20-6-3)12(17)9-13(14)18/h9-10H,4-8,11,18H2,1-3H3. The molecule has 3 nitrogen and oxygen atoms in total. The minimum Gasteiger partial charge on any atom is -0.491 e. The van der Waals surface area contributed by atoms with Crippen molar-refractivity contribution in [1.82, 2.24) is 0 Å². The van der Waals surface area contributed by atoms with Gasteiger partial charge in [0.05, 0.1) is 18.0 Å². The molecule has 1 fully saturated rings. The Bertz CT molecular complexity index is 472. The second-order valence-corrected chi connectivity index (χ2v) is 5.65.